The summed E-state index contributed by atoms with van der Waals surface area (Å²) in [6.45, 7) is 6.81. The maximum Gasteiger partial charge on any atom is 0.168 e. The van der Waals surface area contributed by atoms with Gasteiger partial charge in [-0.2, -0.15) is 0 Å². The molecule has 1 fully saturated rings. The Bertz CT molecular complexity index is 243. The van der Waals surface area contributed by atoms with Crippen molar-refractivity contribution in [2.75, 3.05) is 19.8 Å². The van der Waals surface area contributed by atoms with E-state index >= 15 is 0 Å². The molecule has 0 aromatic rings. The minimum Gasteiger partial charge on any atom is -0.392 e. The van der Waals surface area contributed by atoms with Gasteiger partial charge in [0.05, 0.1) is 25.9 Å². The van der Waals surface area contributed by atoms with Gasteiger partial charge in [0.25, 0.3) is 0 Å². The van der Waals surface area contributed by atoms with Crippen LogP contribution in [0.15, 0.2) is 11.6 Å². The van der Waals surface area contributed by atoms with Crippen LogP contribution < -0.4 is 0 Å². The maximum absolute atomic E-state index is 10.0. The van der Waals surface area contributed by atoms with Crippen LogP contribution in [0, 0.1) is 5.92 Å². The fourth-order valence-electron chi connectivity index (χ4n) is 1.85. The lowest BCUT2D eigenvalue weighted by molar-refractivity contribution is -0.165. The van der Waals surface area contributed by atoms with Gasteiger partial charge in [-0.05, 0) is 13.8 Å². The first kappa shape index (κ1) is 13.6. The van der Waals surface area contributed by atoms with Gasteiger partial charge in [0, 0.05) is 12.3 Å². The second-order valence-electron chi connectivity index (χ2n) is 4.63. The van der Waals surface area contributed by atoms with Crippen molar-refractivity contribution in [2.24, 2.45) is 5.92 Å². The number of rotatable bonds is 5. The molecule has 1 rings (SSSR count). The van der Waals surface area contributed by atoms with Crippen LogP contribution in [0.1, 0.15) is 27.2 Å². The topological polar surface area (TPSA) is 58.9 Å². The Morgan fingerprint density at radius 2 is 2.00 bits per heavy atom. The average Bonchev–Trinajstić information content (AvgIpc) is 2.64. The highest BCUT2D eigenvalue weighted by molar-refractivity contribution is 5.02. The van der Waals surface area contributed by atoms with Crippen LogP contribution in [0.5, 0.6) is 0 Å². The highest BCUT2D eigenvalue weighted by Crippen LogP contribution is 2.27. The predicted molar refractivity (Wildman–Crippen MR) is 60.9 cm³/mol. The quantitative estimate of drug-likeness (QED) is 0.694. The third-order valence-corrected chi connectivity index (χ3v) is 2.88. The average molecular weight is 230 g/mol. The van der Waals surface area contributed by atoms with E-state index in [1.54, 1.807) is 0 Å². The van der Waals surface area contributed by atoms with E-state index < -0.39 is 11.9 Å². The number of hydrogen-bond donors (Lipinski definition) is 2. The van der Waals surface area contributed by atoms with Gasteiger partial charge in [-0.1, -0.05) is 18.6 Å². The molecule has 2 atom stereocenters. The van der Waals surface area contributed by atoms with Crippen molar-refractivity contribution in [3.63, 3.8) is 0 Å². The van der Waals surface area contributed by atoms with Crippen molar-refractivity contribution in [3.05, 3.63) is 11.6 Å². The van der Waals surface area contributed by atoms with Crippen LogP contribution in [0.4, 0.5) is 0 Å². The van der Waals surface area contributed by atoms with E-state index in [1.807, 2.05) is 26.8 Å². The standard InChI is InChI=1S/C12H22O4/c1-9(8-13)6-10(2)11(14)7-12(3)15-4-5-16-12/h6,10-11,13-14H,4-5,7-8H2,1-3H3/b9-6+/t10-,11-/m1/s1. The Morgan fingerprint density at radius 1 is 1.44 bits per heavy atom. The van der Waals surface area contributed by atoms with Crippen molar-refractivity contribution in [1.29, 1.82) is 0 Å². The molecule has 0 spiro atoms. The van der Waals surface area contributed by atoms with Crippen molar-refractivity contribution in [1.82, 2.24) is 0 Å². The fraction of sp³-hybridized carbons (Fsp3) is 0.833. The molecule has 4 heteroatoms. The van der Waals surface area contributed by atoms with Crippen molar-refractivity contribution in [3.8, 4) is 0 Å². The van der Waals surface area contributed by atoms with Crippen LogP contribution in [-0.4, -0.2) is 41.9 Å². The predicted octanol–water partition coefficient (Wildman–Crippen LogP) is 1.08. The molecule has 0 unspecified atom stereocenters. The number of aliphatic hydroxyl groups excluding tert-OH is 2. The molecule has 16 heavy (non-hydrogen) atoms. The zero-order chi connectivity index (χ0) is 12.2. The van der Waals surface area contributed by atoms with Gasteiger partial charge in [0.15, 0.2) is 5.79 Å². The largest absolute Gasteiger partial charge is 0.392 e. The Hall–Kier alpha value is -0.420. The summed E-state index contributed by atoms with van der Waals surface area (Å²) in [5, 5.41) is 18.9. The van der Waals surface area contributed by atoms with E-state index in [-0.39, 0.29) is 12.5 Å². The van der Waals surface area contributed by atoms with E-state index in [0.717, 1.165) is 5.57 Å². The van der Waals surface area contributed by atoms with Gasteiger partial charge in [-0.15, -0.1) is 0 Å². The first-order valence-corrected chi connectivity index (χ1v) is 5.71. The molecule has 1 heterocycles. The second kappa shape index (κ2) is 5.77. The van der Waals surface area contributed by atoms with E-state index in [1.165, 1.54) is 0 Å². The van der Waals surface area contributed by atoms with E-state index in [0.29, 0.717) is 19.6 Å². The van der Waals surface area contributed by atoms with E-state index in [9.17, 15) is 5.11 Å². The van der Waals surface area contributed by atoms with Gasteiger partial charge in [-0.25, -0.2) is 0 Å². The lowest BCUT2D eigenvalue weighted by Gasteiger charge is -2.27. The van der Waals surface area contributed by atoms with Gasteiger partial charge in [0.1, 0.15) is 0 Å². The Kier molecular flexibility index (Phi) is 4.92. The number of aliphatic hydroxyl groups is 2. The normalized spacial score (nSPS) is 24.4. The van der Waals surface area contributed by atoms with Crippen LogP contribution >= 0.6 is 0 Å². The molecule has 2 N–H and O–H groups in total. The number of hydrogen-bond acceptors (Lipinski definition) is 4. The lowest BCUT2D eigenvalue weighted by atomic mass is 9.96. The summed E-state index contributed by atoms with van der Waals surface area (Å²) in [6, 6.07) is 0. The third kappa shape index (κ3) is 3.87. The third-order valence-electron chi connectivity index (χ3n) is 2.88. The maximum atomic E-state index is 10.0. The molecule has 94 valence electrons. The highest BCUT2D eigenvalue weighted by atomic mass is 16.7. The molecule has 0 aromatic carbocycles. The van der Waals surface area contributed by atoms with E-state index in [4.69, 9.17) is 14.6 Å². The number of ether oxygens (including phenoxy) is 2. The Morgan fingerprint density at radius 3 is 2.50 bits per heavy atom. The molecule has 0 bridgehead atoms. The van der Waals surface area contributed by atoms with Gasteiger partial charge in [-0.3, -0.25) is 0 Å². The van der Waals surface area contributed by atoms with Crippen molar-refractivity contribution < 1.29 is 19.7 Å². The molecule has 0 amide bonds. The van der Waals surface area contributed by atoms with E-state index in [2.05, 4.69) is 0 Å². The SMILES string of the molecule is C/C(=C\[C@@H](C)[C@H](O)CC1(C)OCCO1)CO. The molecule has 1 aliphatic heterocycles. The van der Waals surface area contributed by atoms with Gasteiger partial charge >= 0.3 is 0 Å². The molecular formula is C12H22O4. The van der Waals surface area contributed by atoms with Crippen LogP contribution in [-0.2, 0) is 9.47 Å². The molecule has 4 nitrogen and oxygen atoms in total. The van der Waals surface area contributed by atoms with Crippen molar-refractivity contribution in [2.45, 2.75) is 39.1 Å². The highest BCUT2D eigenvalue weighted by Gasteiger charge is 2.34. The zero-order valence-electron chi connectivity index (χ0n) is 10.3. The lowest BCUT2D eigenvalue weighted by Crippen LogP contribution is -2.33. The summed E-state index contributed by atoms with van der Waals surface area (Å²) >= 11 is 0. The first-order chi connectivity index (χ1) is 7.47. The zero-order valence-corrected chi connectivity index (χ0v) is 10.3. The molecule has 0 aliphatic carbocycles. The molecule has 1 saturated heterocycles. The second-order valence-corrected chi connectivity index (χ2v) is 4.63. The van der Waals surface area contributed by atoms with Crippen molar-refractivity contribution >= 4 is 0 Å². The minimum atomic E-state index is -0.658. The summed E-state index contributed by atoms with van der Waals surface area (Å²) < 4.78 is 10.9. The summed E-state index contributed by atoms with van der Waals surface area (Å²) in [5.74, 6) is -0.675. The smallest absolute Gasteiger partial charge is 0.168 e. The monoisotopic (exact) mass is 230 g/mol. The van der Waals surface area contributed by atoms with Crippen LogP contribution in [0.25, 0.3) is 0 Å². The summed E-state index contributed by atoms with van der Waals surface area (Å²) in [7, 11) is 0. The van der Waals surface area contributed by atoms with Gasteiger partial charge in [0.2, 0.25) is 0 Å². The molecular weight excluding hydrogens is 208 g/mol. The first-order valence-electron chi connectivity index (χ1n) is 5.71. The summed E-state index contributed by atoms with van der Waals surface area (Å²) in [5.41, 5.74) is 0.866. The Balaban J connectivity index is 2.48. The summed E-state index contributed by atoms with van der Waals surface area (Å²) in [4.78, 5) is 0. The fourth-order valence-corrected chi connectivity index (χ4v) is 1.85. The molecule has 0 aromatic heterocycles. The van der Waals surface area contributed by atoms with Gasteiger partial charge < -0.3 is 19.7 Å². The summed E-state index contributed by atoms with van der Waals surface area (Å²) in [6.07, 6.45) is 1.80. The Labute approximate surface area is 96.9 Å². The molecule has 0 saturated carbocycles. The minimum absolute atomic E-state index is 0.0169. The molecule has 1 aliphatic rings. The molecule has 0 radical (unpaired) electrons. The van der Waals surface area contributed by atoms with Crippen LogP contribution in [0.2, 0.25) is 0 Å². The van der Waals surface area contributed by atoms with Crippen LogP contribution in [0.3, 0.4) is 0 Å².